The van der Waals surface area contributed by atoms with Crippen LogP contribution in [0.15, 0.2) is 73.1 Å². The molecule has 9 heteroatoms. The van der Waals surface area contributed by atoms with Gasteiger partial charge in [0.15, 0.2) is 5.82 Å². The van der Waals surface area contributed by atoms with E-state index in [9.17, 15) is 18.0 Å². The summed E-state index contributed by atoms with van der Waals surface area (Å²) in [5, 5.41) is 4.39. The average molecular weight is 496 g/mol. The normalized spacial score (nSPS) is 12.3. The maximum atomic E-state index is 12.5. The van der Waals surface area contributed by atoms with Crippen LogP contribution in [0.2, 0.25) is 0 Å². The number of rotatable bonds is 7. The van der Waals surface area contributed by atoms with Crippen LogP contribution in [0.5, 0.6) is 5.75 Å². The summed E-state index contributed by atoms with van der Waals surface area (Å²) in [7, 11) is 0. The van der Waals surface area contributed by atoms with Crippen molar-refractivity contribution in [1.29, 1.82) is 0 Å². The number of hydrogen-bond donors (Lipinski definition) is 0. The number of esters is 1. The number of aromatic nitrogens is 3. The molecule has 0 spiro atoms. The SMILES string of the molecule is Cc1cccc(C)c1C(C)OC(=O)Cc1ccc(-c2ncn(-c3ccc(OC(F)(F)F)cc3)n2)cc1. The number of alkyl halides is 3. The van der Waals surface area contributed by atoms with Gasteiger partial charge in [-0.1, -0.05) is 42.5 Å². The fourth-order valence-electron chi connectivity index (χ4n) is 4.02. The maximum Gasteiger partial charge on any atom is 0.573 e. The zero-order valence-corrected chi connectivity index (χ0v) is 19.9. The van der Waals surface area contributed by atoms with E-state index in [1.165, 1.54) is 35.3 Å². The minimum atomic E-state index is -4.75. The van der Waals surface area contributed by atoms with E-state index in [0.717, 1.165) is 27.8 Å². The number of halogens is 3. The number of carbonyl (C=O) groups is 1. The van der Waals surface area contributed by atoms with E-state index < -0.39 is 6.36 Å². The van der Waals surface area contributed by atoms with Crippen LogP contribution in [0, 0.1) is 13.8 Å². The van der Waals surface area contributed by atoms with Gasteiger partial charge in [-0.3, -0.25) is 4.79 Å². The first kappa shape index (κ1) is 25.0. The number of ether oxygens (including phenoxy) is 2. The Morgan fingerprint density at radius 3 is 2.22 bits per heavy atom. The van der Waals surface area contributed by atoms with Crippen LogP contribution in [0.4, 0.5) is 13.2 Å². The highest BCUT2D eigenvalue weighted by Gasteiger charge is 2.31. The molecular weight excluding hydrogens is 471 g/mol. The Balaban J connectivity index is 1.38. The molecule has 6 nitrogen and oxygen atoms in total. The van der Waals surface area contributed by atoms with Crippen LogP contribution in [-0.2, 0) is 16.0 Å². The fraction of sp³-hybridized carbons (Fsp3) is 0.222. The minimum Gasteiger partial charge on any atom is -0.458 e. The zero-order chi connectivity index (χ0) is 25.9. The number of carbonyl (C=O) groups excluding carboxylic acids is 1. The summed E-state index contributed by atoms with van der Waals surface area (Å²) in [4.78, 5) is 16.8. The molecule has 0 bridgehead atoms. The Morgan fingerprint density at radius 1 is 0.972 bits per heavy atom. The van der Waals surface area contributed by atoms with Gasteiger partial charge in [0.1, 0.15) is 18.2 Å². The minimum absolute atomic E-state index is 0.129. The molecule has 4 aromatic rings. The number of nitrogens with zero attached hydrogens (tertiary/aromatic N) is 3. The van der Waals surface area contributed by atoms with E-state index in [-0.39, 0.29) is 24.2 Å². The van der Waals surface area contributed by atoms with E-state index >= 15 is 0 Å². The highest BCUT2D eigenvalue weighted by atomic mass is 19.4. The third-order valence-corrected chi connectivity index (χ3v) is 5.64. The Labute approximate surface area is 206 Å². The Kier molecular flexibility index (Phi) is 7.10. The summed E-state index contributed by atoms with van der Waals surface area (Å²) in [5.74, 6) is -0.203. The van der Waals surface area contributed by atoms with E-state index in [4.69, 9.17) is 4.74 Å². The summed E-state index contributed by atoms with van der Waals surface area (Å²) in [6, 6.07) is 18.5. The predicted octanol–water partition coefficient (Wildman–Crippen LogP) is 6.30. The van der Waals surface area contributed by atoms with Crippen molar-refractivity contribution < 1.29 is 27.4 Å². The Hall–Kier alpha value is -4.14. The summed E-state index contributed by atoms with van der Waals surface area (Å²) in [6.07, 6.45) is -3.50. The second-order valence-electron chi connectivity index (χ2n) is 8.37. The van der Waals surface area contributed by atoms with Crippen molar-refractivity contribution in [3.8, 4) is 22.8 Å². The summed E-state index contributed by atoms with van der Waals surface area (Å²) in [5.41, 5.74) is 5.23. The number of hydrogen-bond acceptors (Lipinski definition) is 5. The van der Waals surface area contributed by atoms with Crippen molar-refractivity contribution in [3.05, 3.63) is 95.3 Å². The molecule has 4 rings (SSSR count). The molecule has 1 atom stereocenters. The molecule has 1 unspecified atom stereocenters. The molecule has 0 amide bonds. The molecule has 0 aliphatic rings. The van der Waals surface area contributed by atoms with Crippen LogP contribution in [0.25, 0.3) is 17.1 Å². The zero-order valence-electron chi connectivity index (χ0n) is 19.9. The topological polar surface area (TPSA) is 66.2 Å². The van der Waals surface area contributed by atoms with Gasteiger partial charge in [-0.05, 0) is 67.3 Å². The third-order valence-electron chi connectivity index (χ3n) is 5.64. The molecule has 0 aliphatic carbocycles. The van der Waals surface area contributed by atoms with Crippen LogP contribution >= 0.6 is 0 Å². The van der Waals surface area contributed by atoms with Crippen LogP contribution < -0.4 is 4.74 Å². The Morgan fingerprint density at radius 2 is 1.61 bits per heavy atom. The van der Waals surface area contributed by atoms with E-state index in [1.807, 2.05) is 51.1 Å². The summed E-state index contributed by atoms with van der Waals surface area (Å²) in [6.45, 7) is 5.87. The third kappa shape index (κ3) is 6.10. The first-order valence-electron chi connectivity index (χ1n) is 11.2. The average Bonchev–Trinajstić information content (AvgIpc) is 3.29. The summed E-state index contributed by atoms with van der Waals surface area (Å²) >= 11 is 0. The van der Waals surface area contributed by atoms with Gasteiger partial charge in [0.2, 0.25) is 0 Å². The Bertz CT molecular complexity index is 1330. The van der Waals surface area contributed by atoms with Crippen LogP contribution in [0.3, 0.4) is 0 Å². The highest BCUT2D eigenvalue weighted by molar-refractivity contribution is 5.73. The van der Waals surface area contributed by atoms with Crippen LogP contribution in [0.1, 0.15) is 35.3 Å². The molecule has 3 aromatic carbocycles. The van der Waals surface area contributed by atoms with Gasteiger partial charge in [0.25, 0.3) is 0 Å². The first-order valence-corrected chi connectivity index (χ1v) is 11.2. The second kappa shape index (κ2) is 10.2. The van der Waals surface area contributed by atoms with Crippen molar-refractivity contribution in [3.63, 3.8) is 0 Å². The monoisotopic (exact) mass is 495 g/mol. The molecule has 0 radical (unpaired) electrons. The molecule has 1 heterocycles. The molecular formula is C27H24F3N3O3. The molecule has 0 aliphatic heterocycles. The fourth-order valence-corrected chi connectivity index (χ4v) is 4.02. The van der Waals surface area contributed by atoms with Gasteiger partial charge >= 0.3 is 12.3 Å². The van der Waals surface area contributed by atoms with Gasteiger partial charge in [-0.2, -0.15) is 0 Å². The lowest BCUT2D eigenvalue weighted by molar-refractivity contribution is -0.274. The lowest BCUT2D eigenvalue weighted by atomic mass is 9.99. The predicted molar refractivity (Wildman–Crippen MR) is 128 cm³/mol. The van der Waals surface area contributed by atoms with Gasteiger partial charge in [-0.15, -0.1) is 18.3 Å². The number of aryl methyl sites for hydroxylation is 2. The molecule has 0 N–H and O–H groups in total. The molecule has 1 aromatic heterocycles. The first-order chi connectivity index (χ1) is 17.1. The van der Waals surface area contributed by atoms with E-state index in [2.05, 4.69) is 14.8 Å². The summed E-state index contributed by atoms with van der Waals surface area (Å²) < 4.78 is 48.0. The van der Waals surface area contributed by atoms with Crippen molar-refractivity contribution in [2.45, 2.75) is 39.7 Å². The molecule has 0 saturated heterocycles. The quantitative estimate of drug-likeness (QED) is 0.282. The molecule has 0 saturated carbocycles. The largest absolute Gasteiger partial charge is 0.573 e. The van der Waals surface area contributed by atoms with Crippen molar-refractivity contribution in [2.75, 3.05) is 0 Å². The standard InChI is InChI=1S/C27H24F3N3O3/c1-17-5-4-6-18(2)25(17)19(3)35-24(34)15-20-7-9-21(10-8-20)26-31-16-33(32-26)22-11-13-23(14-12-22)36-27(28,29)30/h4-14,16,19H,15H2,1-3H3. The van der Waals surface area contributed by atoms with Gasteiger partial charge < -0.3 is 9.47 Å². The van der Waals surface area contributed by atoms with E-state index in [1.54, 1.807) is 12.1 Å². The van der Waals surface area contributed by atoms with E-state index in [0.29, 0.717) is 11.5 Å². The smallest absolute Gasteiger partial charge is 0.458 e. The van der Waals surface area contributed by atoms with Crippen molar-refractivity contribution >= 4 is 5.97 Å². The number of benzene rings is 3. The highest BCUT2D eigenvalue weighted by Crippen LogP contribution is 2.26. The molecule has 36 heavy (non-hydrogen) atoms. The lowest BCUT2D eigenvalue weighted by Crippen LogP contribution is -2.17. The van der Waals surface area contributed by atoms with Crippen LogP contribution in [-0.4, -0.2) is 27.1 Å². The molecule has 186 valence electrons. The maximum absolute atomic E-state index is 12.5. The van der Waals surface area contributed by atoms with Crippen molar-refractivity contribution in [1.82, 2.24) is 14.8 Å². The van der Waals surface area contributed by atoms with Gasteiger partial charge in [0, 0.05) is 5.56 Å². The second-order valence-corrected chi connectivity index (χ2v) is 8.37. The lowest BCUT2D eigenvalue weighted by Gasteiger charge is -2.18. The van der Waals surface area contributed by atoms with Gasteiger partial charge in [0.05, 0.1) is 12.1 Å². The molecule has 0 fully saturated rings. The van der Waals surface area contributed by atoms with Gasteiger partial charge in [-0.25, -0.2) is 9.67 Å². The van der Waals surface area contributed by atoms with Crippen molar-refractivity contribution in [2.24, 2.45) is 0 Å².